The van der Waals surface area contributed by atoms with Crippen LogP contribution in [0.4, 0.5) is 11.6 Å². The maximum absolute atomic E-state index is 12.2. The number of amides is 1. The number of rotatable bonds is 6. The molecule has 0 aromatic carbocycles. The lowest BCUT2D eigenvalue weighted by molar-refractivity contribution is -0.117. The maximum atomic E-state index is 12.2. The molecule has 0 spiro atoms. The molecule has 8 nitrogen and oxygen atoms in total. The third-order valence-corrected chi connectivity index (χ3v) is 4.10. The summed E-state index contributed by atoms with van der Waals surface area (Å²) in [6.45, 7) is 7.94. The average Bonchev–Trinajstić information content (AvgIpc) is 2.63. The molecule has 1 aliphatic heterocycles. The molecule has 1 aliphatic rings. The molecule has 2 aromatic rings. The Bertz CT molecular complexity index is 732. The van der Waals surface area contributed by atoms with Gasteiger partial charge in [-0.25, -0.2) is 4.98 Å². The fraction of sp³-hybridized carbons (Fsp3) is 0.444. The van der Waals surface area contributed by atoms with Crippen molar-refractivity contribution >= 4 is 17.5 Å². The summed E-state index contributed by atoms with van der Waals surface area (Å²) in [4.78, 5) is 29.4. The lowest BCUT2D eigenvalue weighted by atomic mass is 10.3. The van der Waals surface area contributed by atoms with Crippen molar-refractivity contribution in [3.05, 3.63) is 36.3 Å². The number of nitrogens with zero attached hydrogens (tertiary/aromatic N) is 5. The largest absolute Gasteiger partial charge is 0.478 e. The summed E-state index contributed by atoms with van der Waals surface area (Å²) in [5, 5.41) is 2.89. The number of piperazine rings is 1. The molecule has 0 bridgehead atoms. The van der Waals surface area contributed by atoms with E-state index in [4.69, 9.17) is 4.74 Å². The molecular weight excluding hydrogens is 332 g/mol. The minimum Gasteiger partial charge on any atom is -0.478 e. The van der Waals surface area contributed by atoms with Crippen LogP contribution in [-0.4, -0.2) is 65.1 Å². The van der Waals surface area contributed by atoms with Crippen LogP contribution in [0.3, 0.4) is 0 Å². The molecular formula is C18H24N6O2. The molecule has 138 valence electrons. The topological polar surface area (TPSA) is 83.5 Å². The van der Waals surface area contributed by atoms with Crippen LogP contribution in [0.15, 0.2) is 30.6 Å². The quantitative estimate of drug-likeness (QED) is 0.836. The first-order valence-corrected chi connectivity index (χ1v) is 8.79. The molecule has 8 heteroatoms. The van der Waals surface area contributed by atoms with Gasteiger partial charge in [0, 0.05) is 56.0 Å². The van der Waals surface area contributed by atoms with Crippen LogP contribution in [0.1, 0.15) is 12.6 Å². The van der Waals surface area contributed by atoms with Crippen molar-refractivity contribution in [3.8, 4) is 5.88 Å². The smallest absolute Gasteiger partial charge is 0.238 e. The predicted molar refractivity (Wildman–Crippen MR) is 99.5 cm³/mol. The van der Waals surface area contributed by atoms with Crippen LogP contribution in [0.2, 0.25) is 0 Å². The van der Waals surface area contributed by atoms with Crippen molar-refractivity contribution in [1.82, 2.24) is 19.9 Å². The van der Waals surface area contributed by atoms with Crippen molar-refractivity contribution in [2.45, 2.75) is 13.8 Å². The second-order valence-electron chi connectivity index (χ2n) is 6.13. The third-order valence-electron chi connectivity index (χ3n) is 4.10. The number of aryl methyl sites for hydroxylation is 1. The molecule has 1 N–H and O–H groups in total. The highest BCUT2D eigenvalue weighted by molar-refractivity contribution is 5.92. The fourth-order valence-electron chi connectivity index (χ4n) is 2.83. The van der Waals surface area contributed by atoms with E-state index in [1.54, 1.807) is 24.5 Å². The average molecular weight is 356 g/mol. The zero-order valence-corrected chi connectivity index (χ0v) is 15.2. The molecule has 3 rings (SSSR count). The van der Waals surface area contributed by atoms with Gasteiger partial charge in [-0.2, -0.15) is 4.98 Å². The second kappa shape index (κ2) is 8.57. The standard InChI is InChI=1S/C18H24N6O2/c1-3-26-17-12-14(2)20-18(22-17)24-10-8-23(9-11-24)13-16(25)21-15-4-6-19-7-5-15/h4-7,12H,3,8-11,13H2,1-2H3,(H,19,21,25). The number of aromatic nitrogens is 3. The molecule has 1 saturated heterocycles. The maximum Gasteiger partial charge on any atom is 0.238 e. The van der Waals surface area contributed by atoms with Crippen LogP contribution in [0.25, 0.3) is 0 Å². The normalized spacial score (nSPS) is 14.9. The van der Waals surface area contributed by atoms with Crippen LogP contribution < -0.4 is 15.0 Å². The Kier molecular flexibility index (Phi) is 5.96. The van der Waals surface area contributed by atoms with E-state index >= 15 is 0 Å². The van der Waals surface area contributed by atoms with Crippen molar-refractivity contribution in [1.29, 1.82) is 0 Å². The molecule has 1 fully saturated rings. The van der Waals surface area contributed by atoms with E-state index in [2.05, 4.69) is 30.1 Å². The van der Waals surface area contributed by atoms with E-state index in [0.717, 1.165) is 37.6 Å². The molecule has 0 saturated carbocycles. The number of carbonyl (C=O) groups excluding carboxylic acids is 1. The van der Waals surface area contributed by atoms with E-state index in [-0.39, 0.29) is 5.91 Å². The Balaban J connectivity index is 1.52. The first-order valence-electron chi connectivity index (χ1n) is 8.79. The van der Waals surface area contributed by atoms with Crippen molar-refractivity contribution in [3.63, 3.8) is 0 Å². The monoisotopic (exact) mass is 356 g/mol. The summed E-state index contributed by atoms with van der Waals surface area (Å²) in [6.07, 6.45) is 3.32. The van der Waals surface area contributed by atoms with E-state index in [9.17, 15) is 4.79 Å². The number of hydrogen-bond acceptors (Lipinski definition) is 7. The van der Waals surface area contributed by atoms with Gasteiger partial charge in [-0.15, -0.1) is 0 Å². The van der Waals surface area contributed by atoms with Gasteiger partial charge in [-0.3, -0.25) is 14.7 Å². The highest BCUT2D eigenvalue weighted by Gasteiger charge is 2.21. The minimum atomic E-state index is -0.0184. The zero-order chi connectivity index (χ0) is 18.4. The summed E-state index contributed by atoms with van der Waals surface area (Å²) in [5.74, 6) is 1.28. The summed E-state index contributed by atoms with van der Waals surface area (Å²) >= 11 is 0. The van der Waals surface area contributed by atoms with Gasteiger partial charge in [-0.05, 0) is 26.0 Å². The Hall–Kier alpha value is -2.74. The van der Waals surface area contributed by atoms with Gasteiger partial charge in [-0.1, -0.05) is 0 Å². The van der Waals surface area contributed by atoms with E-state index in [1.807, 2.05) is 19.9 Å². The molecule has 0 radical (unpaired) electrons. The molecule has 3 heterocycles. The van der Waals surface area contributed by atoms with Crippen LogP contribution >= 0.6 is 0 Å². The molecule has 1 amide bonds. The first-order chi connectivity index (χ1) is 12.6. The molecule has 26 heavy (non-hydrogen) atoms. The molecule has 0 unspecified atom stereocenters. The fourth-order valence-corrected chi connectivity index (χ4v) is 2.83. The third kappa shape index (κ3) is 4.89. The zero-order valence-electron chi connectivity index (χ0n) is 15.2. The van der Waals surface area contributed by atoms with Gasteiger partial charge < -0.3 is 15.0 Å². The summed E-state index contributed by atoms with van der Waals surface area (Å²) in [7, 11) is 0. The molecule has 2 aromatic heterocycles. The Morgan fingerprint density at radius 3 is 2.62 bits per heavy atom. The van der Waals surface area contributed by atoms with Crippen molar-refractivity contribution in [2.24, 2.45) is 0 Å². The minimum absolute atomic E-state index is 0.0184. The van der Waals surface area contributed by atoms with Crippen molar-refractivity contribution < 1.29 is 9.53 Å². The number of hydrogen-bond donors (Lipinski definition) is 1. The van der Waals surface area contributed by atoms with Gasteiger partial charge in [0.05, 0.1) is 13.2 Å². The number of nitrogens with one attached hydrogen (secondary N) is 1. The summed E-state index contributed by atoms with van der Waals surface area (Å²) < 4.78 is 5.50. The number of pyridine rings is 1. The SMILES string of the molecule is CCOc1cc(C)nc(N2CCN(CC(=O)Nc3ccncc3)CC2)n1. The number of ether oxygens (including phenoxy) is 1. The highest BCUT2D eigenvalue weighted by atomic mass is 16.5. The van der Waals surface area contributed by atoms with Gasteiger partial charge in [0.15, 0.2) is 0 Å². The van der Waals surface area contributed by atoms with Crippen LogP contribution in [-0.2, 0) is 4.79 Å². The summed E-state index contributed by atoms with van der Waals surface area (Å²) in [5.41, 5.74) is 1.65. The van der Waals surface area contributed by atoms with E-state index < -0.39 is 0 Å². The van der Waals surface area contributed by atoms with E-state index in [0.29, 0.717) is 25.0 Å². The van der Waals surface area contributed by atoms with Gasteiger partial charge in [0.1, 0.15) is 0 Å². The first kappa shape index (κ1) is 18.1. The van der Waals surface area contributed by atoms with Gasteiger partial charge in [0.2, 0.25) is 17.7 Å². The van der Waals surface area contributed by atoms with Crippen LogP contribution in [0.5, 0.6) is 5.88 Å². The van der Waals surface area contributed by atoms with Crippen molar-refractivity contribution in [2.75, 3.05) is 49.5 Å². The highest BCUT2D eigenvalue weighted by Crippen LogP contribution is 2.17. The Morgan fingerprint density at radius 2 is 1.92 bits per heavy atom. The van der Waals surface area contributed by atoms with Gasteiger partial charge in [0.25, 0.3) is 0 Å². The Morgan fingerprint density at radius 1 is 1.19 bits per heavy atom. The lowest BCUT2D eigenvalue weighted by Crippen LogP contribution is -2.49. The van der Waals surface area contributed by atoms with E-state index in [1.165, 1.54) is 0 Å². The molecule has 0 atom stereocenters. The second-order valence-corrected chi connectivity index (χ2v) is 6.13. The predicted octanol–water partition coefficient (Wildman–Crippen LogP) is 1.34. The van der Waals surface area contributed by atoms with Gasteiger partial charge >= 0.3 is 0 Å². The number of carbonyl (C=O) groups is 1. The number of anilines is 2. The molecule has 0 aliphatic carbocycles. The van der Waals surface area contributed by atoms with Crippen LogP contribution in [0, 0.1) is 6.92 Å². The lowest BCUT2D eigenvalue weighted by Gasteiger charge is -2.34. The Labute approximate surface area is 153 Å². The summed E-state index contributed by atoms with van der Waals surface area (Å²) in [6, 6.07) is 5.40.